The van der Waals surface area contributed by atoms with E-state index in [0.717, 1.165) is 23.1 Å². The van der Waals surface area contributed by atoms with Gasteiger partial charge in [-0.2, -0.15) is 0 Å². The van der Waals surface area contributed by atoms with Crippen LogP contribution in [0.5, 0.6) is 0 Å². The van der Waals surface area contributed by atoms with Crippen LogP contribution in [0, 0.1) is 0 Å². The first-order valence-electron chi connectivity index (χ1n) is 6.14. The highest BCUT2D eigenvalue weighted by atomic mass is 15.0. The molecule has 17 heavy (non-hydrogen) atoms. The van der Waals surface area contributed by atoms with Crippen LogP contribution >= 0.6 is 0 Å². The molecule has 1 unspecified atom stereocenters. The number of nitrogens with two attached hydrogens (primary N) is 1. The summed E-state index contributed by atoms with van der Waals surface area (Å²) in [6.45, 7) is 0.850. The van der Waals surface area contributed by atoms with Gasteiger partial charge in [0, 0.05) is 25.7 Å². The number of imidazole rings is 1. The summed E-state index contributed by atoms with van der Waals surface area (Å²) in [5, 5.41) is 3.46. The van der Waals surface area contributed by atoms with Crippen LogP contribution in [0.3, 0.4) is 0 Å². The zero-order chi connectivity index (χ0) is 11.8. The first-order valence-corrected chi connectivity index (χ1v) is 6.14. The molecule has 1 fully saturated rings. The van der Waals surface area contributed by atoms with Gasteiger partial charge in [0.1, 0.15) is 0 Å². The molecule has 0 radical (unpaired) electrons. The summed E-state index contributed by atoms with van der Waals surface area (Å²) in [5.74, 6) is 0. The summed E-state index contributed by atoms with van der Waals surface area (Å²) < 4.78 is 2.02. The Morgan fingerprint density at radius 1 is 1.53 bits per heavy atom. The number of fused-ring (bicyclic) bond motifs is 1. The molecule has 1 saturated carbocycles. The number of rotatable bonds is 4. The lowest BCUT2D eigenvalue weighted by Gasteiger charge is -2.12. The number of benzene rings is 1. The average Bonchev–Trinajstić information content (AvgIpc) is 3.10. The maximum Gasteiger partial charge on any atom is 0.0955 e. The molecule has 0 amide bonds. The van der Waals surface area contributed by atoms with Crippen LogP contribution < -0.4 is 11.1 Å². The lowest BCUT2D eigenvalue weighted by molar-refractivity contribution is 0.595. The fraction of sp³-hybridized carbons (Fsp3) is 0.462. The minimum atomic E-state index is 0.0574. The van der Waals surface area contributed by atoms with Gasteiger partial charge in [0.25, 0.3) is 0 Å². The smallest absolute Gasteiger partial charge is 0.0955 e. The maximum atomic E-state index is 6.17. The quantitative estimate of drug-likeness (QED) is 0.833. The lowest BCUT2D eigenvalue weighted by atomic mass is 10.1. The number of aromatic nitrogens is 2. The number of hydrogen-bond donors (Lipinski definition) is 2. The molecule has 1 aromatic heterocycles. The van der Waals surface area contributed by atoms with E-state index in [-0.39, 0.29) is 6.04 Å². The molecular formula is C13H18N4. The van der Waals surface area contributed by atoms with Crippen LogP contribution in [-0.2, 0) is 7.05 Å². The van der Waals surface area contributed by atoms with Crippen molar-refractivity contribution in [3.8, 4) is 0 Å². The van der Waals surface area contributed by atoms with Crippen molar-refractivity contribution < 1.29 is 0 Å². The Morgan fingerprint density at radius 3 is 3.12 bits per heavy atom. The van der Waals surface area contributed by atoms with Gasteiger partial charge < -0.3 is 15.6 Å². The number of nitrogens with zero attached hydrogens (tertiary/aromatic N) is 2. The second-order valence-electron chi connectivity index (χ2n) is 4.89. The highest BCUT2D eigenvalue weighted by Crippen LogP contribution is 2.21. The minimum absolute atomic E-state index is 0.0574. The molecule has 4 heteroatoms. The third-order valence-electron chi connectivity index (χ3n) is 3.38. The molecule has 1 aliphatic rings. The van der Waals surface area contributed by atoms with Crippen molar-refractivity contribution in [2.24, 2.45) is 12.8 Å². The molecule has 1 aliphatic carbocycles. The number of nitrogens with one attached hydrogen (secondary N) is 1. The van der Waals surface area contributed by atoms with Crippen LogP contribution in [0.4, 0.5) is 0 Å². The lowest BCUT2D eigenvalue weighted by Crippen LogP contribution is -2.28. The normalized spacial score (nSPS) is 17.5. The summed E-state index contributed by atoms with van der Waals surface area (Å²) in [6.07, 6.45) is 4.43. The number of aryl methyl sites for hydroxylation is 1. The van der Waals surface area contributed by atoms with Gasteiger partial charge in [-0.3, -0.25) is 0 Å². The van der Waals surface area contributed by atoms with Crippen LogP contribution in [0.1, 0.15) is 24.4 Å². The highest BCUT2D eigenvalue weighted by molar-refractivity contribution is 5.76. The first-order chi connectivity index (χ1) is 8.24. The summed E-state index contributed by atoms with van der Waals surface area (Å²) in [4.78, 5) is 4.36. The Kier molecular flexibility index (Phi) is 2.61. The van der Waals surface area contributed by atoms with Crippen molar-refractivity contribution in [2.45, 2.75) is 24.9 Å². The fourth-order valence-corrected chi connectivity index (χ4v) is 2.08. The molecular weight excluding hydrogens is 212 g/mol. The van der Waals surface area contributed by atoms with Crippen molar-refractivity contribution in [1.29, 1.82) is 0 Å². The zero-order valence-electron chi connectivity index (χ0n) is 10.1. The van der Waals surface area contributed by atoms with E-state index in [0.29, 0.717) is 6.04 Å². The van der Waals surface area contributed by atoms with Gasteiger partial charge >= 0.3 is 0 Å². The van der Waals surface area contributed by atoms with Crippen molar-refractivity contribution in [1.82, 2.24) is 14.9 Å². The molecule has 1 atom stereocenters. The molecule has 1 heterocycles. The van der Waals surface area contributed by atoms with Gasteiger partial charge in [0.15, 0.2) is 0 Å². The van der Waals surface area contributed by atoms with Crippen molar-refractivity contribution in [3.63, 3.8) is 0 Å². The summed E-state index contributed by atoms with van der Waals surface area (Å²) >= 11 is 0. The van der Waals surface area contributed by atoms with E-state index in [9.17, 15) is 0 Å². The Hall–Kier alpha value is -1.39. The maximum absolute atomic E-state index is 6.17. The topological polar surface area (TPSA) is 55.9 Å². The largest absolute Gasteiger partial charge is 0.334 e. The molecule has 0 bridgehead atoms. The van der Waals surface area contributed by atoms with Crippen molar-refractivity contribution in [2.75, 3.05) is 6.54 Å². The monoisotopic (exact) mass is 230 g/mol. The molecule has 1 aromatic carbocycles. The summed E-state index contributed by atoms with van der Waals surface area (Å²) in [5.41, 5.74) is 9.50. The fourth-order valence-electron chi connectivity index (χ4n) is 2.08. The Bertz CT molecular complexity index is 527. The van der Waals surface area contributed by atoms with E-state index in [2.05, 4.69) is 28.5 Å². The predicted octanol–water partition coefficient (Wildman–Crippen LogP) is 1.33. The predicted molar refractivity (Wildman–Crippen MR) is 68.7 cm³/mol. The van der Waals surface area contributed by atoms with E-state index in [1.807, 2.05) is 17.9 Å². The first kappa shape index (κ1) is 10.7. The molecule has 3 N–H and O–H groups in total. The molecule has 0 aliphatic heterocycles. The van der Waals surface area contributed by atoms with E-state index in [1.165, 1.54) is 12.8 Å². The third-order valence-corrected chi connectivity index (χ3v) is 3.38. The van der Waals surface area contributed by atoms with Gasteiger partial charge in [0.2, 0.25) is 0 Å². The van der Waals surface area contributed by atoms with Crippen molar-refractivity contribution >= 4 is 11.0 Å². The molecule has 90 valence electrons. The van der Waals surface area contributed by atoms with Crippen LogP contribution in [0.2, 0.25) is 0 Å². The van der Waals surface area contributed by atoms with Crippen LogP contribution in [-0.4, -0.2) is 22.1 Å². The molecule has 0 spiro atoms. The second-order valence-corrected chi connectivity index (χ2v) is 4.89. The van der Waals surface area contributed by atoms with Crippen LogP contribution in [0.25, 0.3) is 11.0 Å². The van der Waals surface area contributed by atoms with Crippen LogP contribution in [0.15, 0.2) is 24.5 Å². The second kappa shape index (κ2) is 4.13. The van der Waals surface area contributed by atoms with Gasteiger partial charge in [-0.25, -0.2) is 4.98 Å². The van der Waals surface area contributed by atoms with Gasteiger partial charge in [0.05, 0.1) is 17.4 Å². The SMILES string of the molecule is Cn1cnc2cc(C(N)CNC3CC3)ccc21. The van der Waals surface area contributed by atoms with E-state index in [1.54, 1.807) is 0 Å². The van der Waals surface area contributed by atoms with Gasteiger partial charge in [-0.15, -0.1) is 0 Å². The standard InChI is InChI=1S/C13H18N4/c1-17-8-16-12-6-9(2-5-13(12)17)11(14)7-15-10-3-4-10/h2,5-6,8,10-11,15H,3-4,7,14H2,1H3. The third kappa shape index (κ3) is 2.18. The zero-order valence-corrected chi connectivity index (χ0v) is 10.1. The molecule has 2 aromatic rings. The number of hydrogen-bond acceptors (Lipinski definition) is 3. The highest BCUT2D eigenvalue weighted by Gasteiger charge is 2.21. The van der Waals surface area contributed by atoms with E-state index in [4.69, 9.17) is 5.73 Å². The Labute approximate surface area is 101 Å². The van der Waals surface area contributed by atoms with E-state index < -0.39 is 0 Å². The summed E-state index contributed by atoms with van der Waals surface area (Å²) in [6, 6.07) is 7.05. The van der Waals surface area contributed by atoms with Crippen molar-refractivity contribution in [3.05, 3.63) is 30.1 Å². The average molecular weight is 230 g/mol. The van der Waals surface area contributed by atoms with Gasteiger partial charge in [-0.05, 0) is 30.5 Å². The summed E-state index contributed by atoms with van der Waals surface area (Å²) in [7, 11) is 2.00. The molecule has 4 nitrogen and oxygen atoms in total. The Morgan fingerprint density at radius 2 is 2.35 bits per heavy atom. The Balaban J connectivity index is 1.78. The van der Waals surface area contributed by atoms with E-state index >= 15 is 0 Å². The van der Waals surface area contributed by atoms with Gasteiger partial charge in [-0.1, -0.05) is 6.07 Å². The molecule has 0 saturated heterocycles. The molecule has 3 rings (SSSR count). The minimum Gasteiger partial charge on any atom is -0.334 e.